The zero-order valence-corrected chi connectivity index (χ0v) is 17.5. The van der Waals surface area contributed by atoms with Gasteiger partial charge in [0.05, 0.1) is 6.54 Å². The Morgan fingerprint density at radius 3 is 2.63 bits per heavy atom. The number of benzene rings is 2. The Morgan fingerprint density at radius 2 is 1.90 bits per heavy atom. The molecule has 7 heteroatoms. The summed E-state index contributed by atoms with van der Waals surface area (Å²) in [6.45, 7) is 6.51. The van der Waals surface area contributed by atoms with Crippen LogP contribution in [0.5, 0.6) is 5.75 Å². The monoisotopic (exact) mass is 412 g/mol. The van der Waals surface area contributed by atoms with Crippen molar-refractivity contribution in [3.8, 4) is 5.75 Å². The van der Waals surface area contributed by atoms with Gasteiger partial charge in [0.25, 0.3) is 0 Å². The van der Waals surface area contributed by atoms with E-state index < -0.39 is 0 Å². The van der Waals surface area contributed by atoms with E-state index in [1.54, 1.807) is 12.1 Å². The molecule has 1 amide bonds. The van der Waals surface area contributed by atoms with Crippen LogP contribution in [-0.2, 0) is 17.8 Å². The third kappa shape index (κ3) is 6.20. The number of nitrogens with zero attached hydrogens (tertiary/aromatic N) is 2. The molecule has 0 saturated heterocycles. The SMILES string of the molecule is CCNC(=NCC(=O)N1CCc2ccccc2C1)NCC(C)Oc1ccc(F)cc1. The predicted octanol–water partition coefficient (Wildman–Crippen LogP) is 2.73. The summed E-state index contributed by atoms with van der Waals surface area (Å²) in [5, 5.41) is 6.34. The first kappa shape index (κ1) is 21.6. The van der Waals surface area contributed by atoms with Crippen molar-refractivity contribution in [3.63, 3.8) is 0 Å². The molecular formula is C23H29FN4O2. The molecule has 0 bridgehead atoms. The molecule has 0 fully saturated rings. The van der Waals surface area contributed by atoms with Crippen LogP contribution in [0.25, 0.3) is 0 Å². The number of ether oxygens (including phenoxy) is 1. The van der Waals surface area contributed by atoms with E-state index in [4.69, 9.17) is 4.74 Å². The Hall–Kier alpha value is -3.09. The summed E-state index contributed by atoms with van der Waals surface area (Å²) < 4.78 is 18.8. The van der Waals surface area contributed by atoms with Crippen LogP contribution in [0.4, 0.5) is 4.39 Å². The van der Waals surface area contributed by atoms with Gasteiger partial charge in [0, 0.05) is 19.6 Å². The van der Waals surface area contributed by atoms with Crippen LogP contribution in [-0.4, -0.2) is 49.0 Å². The average molecular weight is 413 g/mol. The molecule has 0 spiro atoms. The minimum absolute atomic E-state index is 0.0114. The molecule has 1 unspecified atom stereocenters. The van der Waals surface area contributed by atoms with Crippen molar-refractivity contribution in [1.82, 2.24) is 15.5 Å². The van der Waals surface area contributed by atoms with Crippen molar-refractivity contribution in [2.45, 2.75) is 32.9 Å². The smallest absolute Gasteiger partial charge is 0.244 e. The van der Waals surface area contributed by atoms with Crippen LogP contribution in [0.3, 0.4) is 0 Å². The van der Waals surface area contributed by atoms with Gasteiger partial charge >= 0.3 is 0 Å². The third-order valence-corrected chi connectivity index (χ3v) is 4.91. The normalized spacial score (nSPS) is 14.6. The van der Waals surface area contributed by atoms with Gasteiger partial charge < -0.3 is 20.3 Å². The van der Waals surface area contributed by atoms with Crippen LogP contribution in [0.15, 0.2) is 53.5 Å². The van der Waals surface area contributed by atoms with E-state index in [-0.39, 0.29) is 24.4 Å². The van der Waals surface area contributed by atoms with Crippen molar-refractivity contribution < 1.29 is 13.9 Å². The molecule has 3 rings (SSSR count). The molecule has 2 aromatic rings. The molecule has 1 atom stereocenters. The van der Waals surface area contributed by atoms with Gasteiger partial charge in [-0.1, -0.05) is 24.3 Å². The number of hydrogen-bond donors (Lipinski definition) is 2. The highest BCUT2D eigenvalue weighted by Gasteiger charge is 2.20. The van der Waals surface area contributed by atoms with E-state index in [0.29, 0.717) is 31.3 Å². The summed E-state index contributed by atoms with van der Waals surface area (Å²) >= 11 is 0. The minimum Gasteiger partial charge on any atom is -0.489 e. The van der Waals surface area contributed by atoms with Crippen LogP contribution in [0, 0.1) is 5.82 Å². The molecular weight excluding hydrogens is 383 g/mol. The van der Waals surface area contributed by atoms with E-state index in [0.717, 1.165) is 13.0 Å². The van der Waals surface area contributed by atoms with E-state index in [9.17, 15) is 9.18 Å². The fraction of sp³-hybridized carbons (Fsp3) is 0.391. The number of halogens is 1. The molecule has 2 aromatic carbocycles. The van der Waals surface area contributed by atoms with Gasteiger partial charge in [-0.15, -0.1) is 0 Å². The topological polar surface area (TPSA) is 66.0 Å². The fourth-order valence-electron chi connectivity index (χ4n) is 3.32. The van der Waals surface area contributed by atoms with Crippen LogP contribution >= 0.6 is 0 Å². The molecule has 0 aromatic heterocycles. The molecule has 1 aliphatic rings. The fourth-order valence-corrected chi connectivity index (χ4v) is 3.32. The van der Waals surface area contributed by atoms with E-state index in [2.05, 4.69) is 27.8 Å². The summed E-state index contributed by atoms with van der Waals surface area (Å²) in [7, 11) is 0. The molecule has 0 aliphatic carbocycles. The number of carbonyl (C=O) groups excluding carboxylic acids is 1. The zero-order valence-electron chi connectivity index (χ0n) is 17.5. The first-order chi connectivity index (χ1) is 14.5. The maximum atomic E-state index is 13.0. The second-order valence-corrected chi connectivity index (χ2v) is 7.29. The van der Waals surface area contributed by atoms with Gasteiger partial charge in [0.1, 0.15) is 24.2 Å². The third-order valence-electron chi connectivity index (χ3n) is 4.91. The first-order valence-corrected chi connectivity index (χ1v) is 10.3. The molecule has 1 aliphatic heterocycles. The number of carbonyl (C=O) groups is 1. The molecule has 160 valence electrons. The minimum atomic E-state index is -0.295. The van der Waals surface area contributed by atoms with Crippen LogP contribution in [0.1, 0.15) is 25.0 Å². The number of guanidine groups is 1. The lowest BCUT2D eigenvalue weighted by molar-refractivity contribution is -0.130. The number of fused-ring (bicyclic) bond motifs is 1. The van der Waals surface area contributed by atoms with Crippen LogP contribution in [0.2, 0.25) is 0 Å². The number of hydrogen-bond acceptors (Lipinski definition) is 3. The summed E-state index contributed by atoms with van der Waals surface area (Å²) in [5.41, 5.74) is 2.52. The van der Waals surface area contributed by atoms with Gasteiger partial charge in [-0.3, -0.25) is 4.79 Å². The van der Waals surface area contributed by atoms with Crippen molar-refractivity contribution in [1.29, 1.82) is 0 Å². The summed E-state index contributed by atoms with van der Waals surface area (Å²) in [6.07, 6.45) is 0.718. The van der Waals surface area contributed by atoms with Crippen LogP contribution < -0.4 is 15.4 Å². The zero-order chi connectivity index (χ0) is 21.3. The van der Waals surface area contributed by atoms with Gasteiger partial charge in [-0.2, -0.15) is 0 Å². The average Bonchev–Trinajstić information content (AvgIpc) is 2.76. The molecule has 30 heavy (non-hydrogen) atoms. The number of rotatable bonds is 7. The highest BCUT2D eigenvalue weighted by Crippen LogP contribution is 2.18. The quantitative estimate of drug-likeness (QED) is 0.542. The highest BCUT2D eigenvalue weighted by molar-refractivity contribution is 5.85. The maximum Gasteiger partial charge on any atom is 0.244 e. The summed E-state index contributed by atoms with van der Waals surface area (Å²) in [4.78, 5) is 18.9. The molecule has 6 nitrogen and oxygen atoms in total. The highest BCUT2D eigenvalue weighted by atomic mass is 19.1. The molecule has 2 N–H and O–H groups in total. The second-order valence-electron chi connectivity index (χ2n) is 7.29. The largest absolute Gasteiger partial charge is 0.489 e. The second kappa shape index (κ2) is 10.6. The number of nitrogens with one attached hydrogen (secondary N) is 2. The van der Waals surface area contributed by atoms with Crippen molar-refractivity contribution in [2.75, 3.05) is 26.2 Å². The Balaban J connectivity index is 1.50. The van der Waals surface area contributed by atoms with Gasteiger partial charge in [0.15, 0.2) is 5.96 Å². The maximum absolute atomic E-state index is 13.0. The Kier molecular flexibility index (Phi) is 7.65. The molecule has 0 radical (unpaired) electrons. The lowest BCUT2D eigenvalue weighted by Gasteiger charge is -2.28. The Labute approximate surface area is 177 Å². The van der Waals surface area contributed by atoms with Gasteiger partial charge in [-0.05, 0) is 55.7 Å². The van der Waals surface area contributed by atoms with E-state index >= 15 is 0 Å². The van der Waals surface area contributed by atoms with Gasteiger partial charge in [0.2, 0.25) is 5.91 Å². The van der Waals surface area contributed by atoms with Crippen molar-refractivity contribution in [2.24, 2.45) is 4.99 Å². The lowest BCUT2D eigenvalue weighted by atomic mass is 10.00. The van der Waals surface area contributed by atoms with E-state index in [1.165, 1.54) is 23.3 Å². The molecule has 0 saturated carbocycles. The first-order valence-electron chi connectivity index (χ1n) is 10.3. The van der Waals surface area contributed by atoms with E-state index in [1.807, 2.05) is 30.9 Å². The van der Waals surface area contributed by atoms with Gasteiger partial charge in [-0.25, -0.2) is 9.38 Å². The Bertz CT molecular complexity index is 870. The predicted molar refractivity (Wildman–Crippen MR) is 116 cm³/mol. The van der Waals surface area contributed by atoms with Crippen molar-refractivity contribution in [3.05, 3.63) is 65.5 Å². The number of aliphatic imine (C=N–C) groups is 1. The Morgan fingerprint density at radius 1 is 1.17 bits per heavy atom. The standard InChI is InChI=1S/C23H29FN4O2/c1-3-25-23(26-14-17(2)30-21-10-8-20(24)9-11-21)27-15-22(29)28-13-12-18-6-4-5-7-19(18)16-28/h4-11,17H,3,12-16H2,1-2H3,(H2,25,26,27). The summed E-state index contributed by atoms with van der Waals surface area (Å²) in [5.74, 6) is 0.889. The lowest BCUT2D eigenvalue weighted by Crippen LogP contribution is -2.43. The molecule has 1 heterocycles. The summed E-state index contributed by atoms with van der Waals surface area (Å²) in [6, 6.07) is 14.2. The van der Waals surface area contributed by atoms with Crippen molar-refractivity contribution >= 4 is 11.9 Å². The number of amides is 1.